The van der Waals surface area contributed by atoms with E-state index in [4.69, 9.17) is 4.74 Å². The summed E-state index contributed by atoms with van der Waals surface area (Å²) in [6.07, 6.45) is 1.28. The number of hydrogen-bond donors (Lipinski definition) is 0. The SMILES string of the molecule is CC(C)Oc1cc(C(C)C)c(F)cn1. The lowest BCUT2D eigenvalue weighted by molar-refractivity contribution is 0.231. The van der Waals surface area contributed by atoms with Crippen LogP contribution in [-0.4, -0.2) is 11.1 Å². The van der Waals surface area contributed by atoms with Gasteiger partial charge in [0.1, 0.15) is 5.82 Å². The van der Waals surface area contributed by atoms with Crippen molar-refractivity contribution in [3.05, 3.63) is 23.6 Å². The third-order valence-electron chi connectivity index (χ3n) is 1.84. The van der Waals surface area contributed by atoms with Crippen molar-refractivity contribution in [3.63, 3.8) is 0 Å². The van der Waals surface area contributed by atoms with E-state index in [1.807, 2.05) is 27.7 Å². The average molecular weight is 197 g/mol. The first-order valence-corrected chi connectivity index (χ1v) is 4.82. The summed E-state index contributed by atoms with van der Waals surface area (Å²) < 4.78 is 18.6. The van der Waals surface area contributed by atoms with Gasteiger partial charge in [-0.3, -0.25) is 0 Å². The maximum absolute atomic E-state index is 13.2. The molecule has 0 atom stereocenters. The van der Waals surface area contributed by atoms with Gasteiger partial charge < -0.3 is 4.74 Å². The van der Waals surface area contributed by atoms with E-state index < -0.39 is 0 Å². The topological polar surface area (TPSA) is 22.1 Å². The second-order valence-corrected chi connectivity index (χ2v) is 3.87. The minimum atomic E-state index is -0.267. The molecule has 0 unspecified atom stereocenters. The molecule has 1 heterocycles. The van der Waals surface area contributed by atoms with Crippen LogP contribution in [0, 0.1) is 5.82 Å². The lowest BCUT2D eigenvalue weighted by Crippen LogP contribution is -2.08. The first kappa shape index (κ1) is 11.0. The third kappa shape index (κ3) is 2.69. The Morgan fingerprint density at radius 3 is 2.43 bits per heavy atom. The van der Waals surface area contributed by atoms with Crippen LogP contribution in [0.5, 0.6) is 5.88 Å². The highest BCUT2D eigenvalue weighted by molar-refractivity contribution is 5.24. The fraction of sp³-hybridized carbons (Fsp3) is 0.545. The minimum absolute atomic E-state index is 0.0629. The minimum Gasteiger partial charge on any atom is -0.475 e. The van der Waals surface area contributed by atoms with E-state index >= 15 is 0 Å². The van der Waals surface area contributed by atoms with E-state index in [-0.39, 0.29) is 17.8 Å². The van der Waals surface area contributed by atoms with E-state index in [0.29, 0.717) is 11.4 Å². The molecule has 0 radical (unpaired) electrons. The molecule has 2 nitrogen and oxygen atoms in total. The Bertz CT molecular complexity index is 310. The molecule has 3 heteroatoms. The molecule has 0 aromatic carbocycles. The highest BCUT2D eigenvalue weighted by atomic mass is 19.1. The summed E-state index contributed by atoms with van der Waals surface area (Å²) >= 11 is 0. The molecular formula is C11H16FNO. The van der Waals surface area contributed by atoms with Gasteiger partial charge in [-0.25, -0.2) is 9.37 Å². The molecule has 0 bridgehead atoms. The standard InChI is InChI=1S/C11H16FNO/c1-7(2)9-5-11(14-8(3)4)13-6-10(9)12/h5-8H,1-4H3. The number of aromatic nitrogens is 1. The Labute approximate surface area is 84.1 Å². The van der Waals surface area contributed by atoms with Crippen molar-refractivity contribution >= 4 is 0 Å². The van der Waals surface area contributed by atoms with Crippen molar-refractivity contribution in [1.82, 2.24) is 4.98 Å². The summed E-state index contributed by atoms with van der Waals surface area (Å²) in [4.78, 5) is 3.86. The van der Waals surface area contributed by atoms with Crippen LogP contribution in [0.1, 0.15) is 39.2 Å². The Morgan fingerprint density at radius 2 is 1.93 bits per heavy atom. The normalized spacial score (nSPS) is 11.1. The Kier molecular flexibility index (Phi) is 3.44. The molecule has 0 N–H and O–H groups in total. The summed E-state index contributed by atoms with van der Waals surface area (Å²) in [6.45, 7) is 7.72. The molecule has 0 aliphatic carbocycles. The number of rotatable bonds is 3. The van der Waals surface area contributed by atoms with Crippen LogP contribution in [0.2, 0.25) is 0 Å². The fourth-order valence-corrected chi connectivity index (χ4v) is 1.18. The third-order valence-corrected chi connectivity index (χ3v) is 1.84. The van der Waals surface area contributed by atoms with Gasteiger partial charge in [-0.05, 0) is 25.3 Å². The Morgan fingerprint density at radius 1 is 1.29 bits per heavy atom. The molecule has 78 valence electrons. The van der Waals surface area contributed by atoms with Crippen molar-refractivity contribution < 1.29 is 9.13 Å². The van der Waals surface area contributed by atoms with Crippen LogP contribution < -0.4 is 4.74 Å². The Balaban J connectivity index is 2.94. The maximum atomic E-state index is 13.2. The van der Waals surface area contributed by atoms with Crippen LogP contribution in [0.3, 0.4) is 0 Å². The van der Waals surface area contributed by atoms with Crippen molar-refractivity contribution in [2.45, 2.75) is 39.7 Å². The maximum Gasteiger partial charge on any atom is 0.213 e. The van der Waals surface area contributed by atoms with E-state index in [9.17, 15) is 4.39 Å². The van der Waals surface area contributed by atoms with Crippen LogP contribution in [0.4, 0.5) is 4.39 Å². The number of hydrogen-bond acceptors (Lipinski definition) is 2. The largest absolute Gasteiger partial charge is 0.475 e. The van der Waals surface area contributed by atoms with Crippen LogP contribution in [0.25, 0.3) is 0 Å². The monoisotopic (exact) mass is 197 g/mol. The summed E-state index contributed by atoms with van der Waals surface area (Å²) in [5, 5.41) is 0. The van der Waals surface area contributed by atoms with Crippen LogP contribution in [0.15, 0.2) is 12.3 Å². The molecule has 0 saturated heterocycles. The van der Waals surface area contributed by atoms with Crippen molar-refractivity contribution in [3.8, 4) is 5.88 Å². The lowest BCUT2D eigenvalue weighted by atomic mass is 10.0. The van der Waals surface area contributed by atoms with Crippen LogP contribution in [-0.2, 0) is 0 Å². The van der Waals surface area contributed by atoms with Gasteiger partial charge in [0.2, 0.25) is 5.88 Å². The zero-order valence-electron chi connectivity index (χ0n) is 9.04. The van der Waals surface area contributed by atoms with Gasteiger partial charge in [0, 0.05) is 6.07 Å². The van der Waals surface area contributed by atoms with Gasteiger partial charge in [0.15, 0.2) is 0 Å². The second-order valence-electron chi connectivity index (χ2n) is 3.87. The summed E-state index contributed by atoms with van der Waals surface area (Å²) in [5.74, 6) is 0.369. The Hall–Kier alpha value is -1.12. The molecule has 0 aliphatic heterocycles. The average Bonchev–Trinajstić information content (AvgIpc) is 2.07. The first-order valence-electron chi connectivity index (χ1n) is 4.82. The lowest BCUT2D eigenvalue weighted by Gasteiger charge is -2.11. The molecular weight excluding hydrogens is 181 g/mol. The molecule has 0 saturated carbocycles. The predicted molar refractivity (Wildman–Crippen MR) is 54.0 cm³/mol. The zero-order chi connectivity index (χ0) is 10.7. The van der Waals surface area contributed by atoms with Gasteiger partial charge in [-0.2, -0.15) is 0 Å². The number of halogens is 1. The first-order chi connectivity index (χ1) is 6.50. The second kappa shape index (κ2) is 4.40. The van der Waals surface area contributed by atoms with Gasteiger partial charge in [-0.1, -0.05) is 13.8 Å². The van der Waals surface area contributed by atoms with E-state index in [0.717, 1.165) is 0 Å². The number of pyridine rings is 1. The number of ether oxygens (including phenoxy) is 1. The highest BCUT2D eigenvalue weighted by Crippen LogP contribution is 2.21. The predicted octanol–water partition coefficient (Wildman–Crippen LogP) is 3.13. The molecule has 0 aliphatic rings. The highest BCUT2D eigenvalue weighted by Gasteiger charge is 2.09. The van der Waals surface area contributed by atoms with Gasteiger partial charge in [-0.15, -0.1) is 0 Å². The molecule has 14 heavy (non-hydrogen) atoms. The number of nitrogens with zero attached hydrogens (tertiary/aromatic N) is 1. The van der Waals surface area contributed by atoms with E-state index in [2.05, 4.69) is 4.98 Å². The summed E-state index contributed by atoms with van der Waals surface area (Å²) in [7, 11) is 0. The van der Waals surface area contributed by atoms with Crippen molar-refractivity contribution in [1.29, 1.82) is 0 Å². The van der Waals surface area contributed by atoms with Gasteiger partial charge in [0.25, 0.3) is 0 Å². The summed E-state index contributed by atoms with van der Waals surface area (Å²) in [6, 6.07) is 1.67. The van der Waals surface area contributed by atoms with Crippen LogP contribution >= 0.6 is 0 Å². The fourth-order valence-electron chi connectivity index (χ4n) is 1.18. The van der Waals surface area contributed by atoms with Crippen molar-refractivity contribution in [2.24, 2.45) is 0 Å². The molecule has 1 rings (SSSR count). The van der Waals surface area contributed by atoms with Crippen molar-refractivity contribution in [2.75, 3.05) is 0 Å². The molecule has 1 aromatic heterocycles. The smallest absolute Gasteiger partial charge is 0.213 e. The zero-order valence-corrected chi connectivity index (χ0v) is 9.04. The molecule has 0 amide bonds. The van der Waals surface area contributed by atoms with Gasteiger partial charge >= 0.3 is 0 Å². The quantitative estimate of drug-likeness (QED) is 0.742. The molecule has 0 spiro atoms. The molecule has 0 fully saturated rings. The van der Waals surface area contributed by atoms with E-state index in [1.54, 1.807) is 6.07 Å². The summed E-state index contributed by atoms with van der Waals surface area (Å²) in [5.41, 5.74) is 0.649. The van der Waals surface area contributed by atoms with E-state index in [1.165, 1.54) is 6.20 Å². The molecule has 1 aromatic rings. The van der Waals surface area contributed by atoms with Gasteiger partial charge in [0.05, 0.1) is 12.3 Å².